The molecule has 1 fully saturated rings. The highest BCUT2D eigenvalue weighted by Gasteiger charge is 2.40. The van der Waals surface area contributed by atoms with Crippen molar-refractivity contribution < 1.29 is 19.0 Å². The van der Waals surface area contributed by atoms with Crippen LogP contribution in [0.5, 0.6) is 5.75 Å². The van der Waals surface area contributed by atoms with Crippen LogP contribution in [0.3, 0.4) is 0 Å². The summed E-state index contributed by atoms with van der Waals surface area (Å²) >= 11 is 13.1. The summed E-state index contributed by atoms with van der Waals surface area (Å²) in [7, 11) is 1.60. The lowest BCUT2D eigenvalue weighted by molar-refractivity contribution is -0.0650. The van der Waals surface area contributed by atoms with Gasteiger partial charge in [-0.05, 0) is 47.0 Å². The first-order chi connectivity index (χ1) is 15.9. The molecule has 0 spiro atoms. The molecule has 0 unspecified atom stereocenters. The molecule has 0 atom stereocenters. The topological polar surface area (TPSA) is 94.6 Å². The van der Waals surface area contributed by atoms with E-state index in [1.165, 1.54) is 0 Å². The molecular formula is C22H21Br2ClN4O4. The summed E-state index contributed by atoms with van der Waals surface area (Å²) in [4.78, 5) is 21.1. The molecule has 0 bridgehead atoms. The first-order valence-corrected chi connectivity index (χ1v) is 12.2. The number of halogens is 3. The number of nitrogens with one attached hydrogen (secondary N) is 2. The van der Waals surface area contributed by atoms with Gasteiger partial charge in [-0.25, -0.2) is 14.8 Å². The largest absolute Gasteiger partial charge is 0.497 e. The molecule has 8 nitrogen and oxygen atoms in total. The van der Waals surface area contributed by atoms with Gasteiger partial charge in [0.15, 0.2) is 0 Å². The van der Waals surface area contributed by atoms with Gasteiger partial charge in [-0.3, -0.25) is 0 Å². The Morgan fingerprint density at radius 3 is 2.61 bits per heavy atom. The summed E-state index contributed by atoms with van der Waals surface area (Å²) < 4.78 is 15.9. The summed E-state index contributed by atoms with van der Waals surface area (Å²) in [5.41, 5.74) is 1.97. The quantitative estimate of drug-likeness (QED) is 0.272. The molecule has 1 aromatic heterocycles. The number of methoxy groups -OCH3 is 1. The minimum atomic E-state index is -0.619. The predicted molar refractivity (Wildman–Crippen MR) is 133 cm³/mol. The highest BCUT2D eigenvalue weighted by Crippen LogP contribution is 2.33. The van der Waals surface area contributed by atoms with Crippen molar-refractivity contribution in [2.45, 2.75) is 15.9 Å². The molecular weight excluding hydrogens is 580 g/mol. The minimum absolute atomic E-state index is 0.00792. The van der Waals surface area contributed by atoms with E-state index in [0.717, 1.165) is 22.3 Å². The van der Waals surface area contributed by atoms with Gasteiger partial charge in [0.1, 0.15) is 23.7 Å². The molecule has 2 heterocycles. The van der Waals surface area contributed by atoms with Gasteiger partial charge in [0.05, 0.1) is 29.6 Å². The number of anilines is 1. The molecule has 0 radical (unpaired) electrons. The lowest BCUT2D eigenvalue weighted by Gasteiger charge is -2.41. The number of alkyl halides is 2. The maximum Gasteiger partial charge on any atom is 0.408 e. The van der Waals surface area contributed by atoms with Gasteiger partial charge in [-0.2, -0.15) is 0 Å². The van der Waals surface area contributed by atoms with E-state index in [0.29, 0.717) is 31.1 Å². The number of hydrogen-bond donors (Lipinski definition) is 2. The number of carbonyl (C=O) groups is 1. The fourth-order valence-electron chi connectivity index (χ4n) is 3.33. The molecule has 33 heavy (non-hydrogen) atoms. The lowest BCUT2D eigenvalue weighted by Crippen LogP contribution is -2.65. The zero-order valence-corrected chi connectivity index (χ0v) is 21.5. The van der Waals surface area contributed by atoms with Crippen LogP contribution >= 0.6 is 43.5 Å². The maximum atomic E-state index is 12.4. The van der Waals surface area contributed by atoms with Crippen LogP contribution < -0.4 is 15.4 Å². The van der Waals surface area contributed by atoms with Crippen molar-refractivity contribution in [1.82, 2.24) is 15.3 Å². The standard InChI is InChI=1S/C22H21Br2ClN4O4/c1-31-15-5-2-13(3-6-15)9-33-21(30)29-22(11-32-12-22)10-26-19-16-8-14(18(23)24)4-7-17(16)27-20(25)28-19/h2-8,18H,9-12H2,1H3,(H,29,30)(H,26,27,28). The highest BCUT2D eigenvalue weighted by molar-refractivity contribution is 9.24. The van der Waals surface area contributed by atoms with E-state index in [1.807, 2.05) is 42.5 Å². The molecule has 1 aliphatic rings. The molecule has 0 aliphatic carbocycles. The first-order valence-electron chi connectivity index (χ1n) is 10.0. The third-order valence-corrected chi connectivity index (χ3v) is 6.42. The number of carbonyl (C=O) groups excluding carboxylic acids is 1. The number of amides is 1. The molecule has 0 saturated carbocycles. The molecule has 11 heteroatoms. The van der Waals surface area contributed by atoms with Crippen LogP contribution in [0.1, 0.15) is 14.9 Å². The second kappa shape index (κ2) is 10.4. The Balaban J connectivity index is 1.41. The lowest BCUT2D eigenvalue weighted by atomic mass is 9.97. The summed E-state index contributed by atoms with van der Waals surface area (Å²) in [6.45, 7) is 1.23. The van der Waals surface area contributed by atoms with Crippen LogP contribution in [0.4, 0.5) is 10.6 Å². The Kier molecular flexibility index (Phi) is 7.58. The van der Waals surface area contributed by atoms with Gasteiger partial charge in [-0.1, -0.05) is 50.1 Å². The van der Waals surface area contributed by atoms with Crippen molar-refractivity contribution in [3.05, 3.63) is 58.9 Å². The van der Waals surface area contributed by atoms with Crippen molar-refractivity contribution in [3.8, 4) is 5.75 Å². The number of aromatic nitrogens is 2. The molecule has 1 aliphatic heterocycles. The maximum absolute atomic E-state index is 12.4. The van der Waals surface area contributed by atoms with Crippen LogP contribution in [0, 0.1) is 0 Å². The number of nitrogens with zero attached hydrogens (tertiary/aromatic N) is 2. The van der Waals surface area contributed by atoms with Crippen LogP contribution in [0.25, 0.3) is 10.9 Å². The van der Waals surface area contributed by atoms with Crippen molar-refractivity contribution in [1.29, 1.82) is 0 Å². The van der Waals surface area contributed by atoms with Crippen molar-refractivity contribution >= 4 is 66.3 Å². The number of hydrogen-bond acceptors (Lipinski definition) is 7. The normalized spacial score (nSPS) is 14.6. The number of rotatable bonds is 8. The number of fused-ring (bicyclic) bond motifs is 1. The average molecular weight is 601 g/mol. The third kappa shape index (κ3) is 5.87. The van der Waals surface area contributed by atoms with E-state index in [9.17, 15) is 4.79 Å². The number of alkyl carbamates (subject to hydrolysis) is 1. The van der Waals surface area contributed by atoms with Gasteiger partial charge in [-0.15, -0.1) is 0 Å². The predicted octanol–water partition coefficient (Wildman–Crippen LogP) is 5.19. The number of benzene rings is 2. The fraction of sp³-hybridized carbons (Fsp3) is 0.318. The average Bonchev–Trinajstić information content (AvgIpc) is 2.79. The summed E-state index contributed by atoms with van der Waals surface area (Å²) in [5.74, 6) is 1.32. The molecule has 174 valence electrons. The van der Waals surface area contributed by atoms with Gasteiger partial charge in [0, 0.05) is 11.9 Å². The van der Waals surface area contributed by atoms with E-state index in [-0.39, 0.29) is 15.6 Å². The molecule has 2 aromatic carbocycles. The Morgan fingerprint density at radius 2 is 1.97 bits per heavy atom. The zero-order valence-electron chi connectivity index (χ0n) is 17.6. The van der Waals surface area contributed by atoms with E-state index in [4.69, 9.17) is 25.8 Å². The fourth-order valence-corrected chi connectivity index (χ4v) is 4.08. The smallest absolute Gasteiger partial charge is 0.408 e. The molecule has 4 rings (SSSR count). The second-order valence-corrected chi connectivity index (χ2v) is 11.0. The summed E-state index contributed by atoms with van der Waals surface area (Å²) in [5, 5.41) is 7.17. The van der Waals surface area contributed by atoms with Crippen molar-refractivity contribution in [2.75, 3.05) is 32.2 Å². The van der Waals surface area contributed by atoms with Crippen LogP contribution in [-0.2, 0) is 16.1 Å². The molecule has 1 saturated heterocycles. The Hall–Kier alpha value is -2.14. The van der Waals surface area contributed by atoms with E-state index in [1.54, 1.807) is 7.11 Å². The van der Waals surface area contributed by atoms with Crippen molar-refractivity contribution in [3.63, 3.8) is 0 Å². The Morgan fingerprint density at radius 1 is 1.21 bits per heavy atom. The van der Waals surface area contributed by atoms with Gasteiger partial charge in [0.2, 0.25) is 5.28 Å². The number of ether oxygens (including phenoxy) is 3. The SMILES string of the molecule is COc1ccc(COC(=O)NC2(CNc3nc(Cl)nc4ccc(C(Br)Br)cc34)COC2)cc1. The van der Waals surface area contributed by atoms with Crippen LogP contribution in [-0.4, -0.2) is 48.5 Å². The van der Waals surface area contributed by atoms with E-state index in [2.05, 4.69) is 52.5 Å². The second-order valence-electron chi connectivity index (χ2n) is 7.59. The van der Waals surface area contributed by atoms with Gasteiger partial charge in [0.25, 0.3) is 0 Å². The monoisotopic (exact) mass is 598 g/mol. The third-order valence-electron chi connectivity index (χ3n) is 5.19. The van der Waals surface area contributed by atoms with E-state index < -0.39 is 11.6 Å². The van der Waals surface area contributed by atoms with Crippen LogP contribution in [0.2, 0.25) is 5.28 Å². The summed E-state index contributed by atoms with van der Waals surface area (Å²) in [6.07, 6.45) is -0.523. The molecule has 2 N–H and O–H groups in total. The van der Waals surface area contributed by atoms with Gasteiger partial charge < -0.3 is 24.8 Å². The molecule has 3 aromatic rings. The first kappa shape index (κ1) is 24.0. The minimum Gasteiger partial charge on any atom is -0.497 e. The molecule has 1 amide bonds. The zero-order chi connectivity index (χ0) is 23.4. The summed E-state index contributed by atoms with van der Waals surface area (Å²) in [6, 6.07) is 13.1. The van der Waals surface area contributed by atoms with Gasteiger partial charge >= 0.3 is 6.09 Å². The van der Waals surface area contributed by atoms with Crippen LogP contribution in [0.15, 0.2) is 42.5 Å². The Bertz CT molecular complexity index is 1140. The van der Waals surface area contributed by atoms with Crippen molar-refractivity contribution in [2.24, 2.45) is 0 Å². The van der Waals surface area contributed by atoms with E-state index >= 15 is 0 Å². The highest BCUT2D eigenvalue weighted by atomic mass is 79.9. The Labute approximate surface area is 212 Å².